The van der Waals surface area contributed by atoms with Crippen LogP contribution in [0.5, 0.6) is 5.75 Å². The van der Waals surface area contributed by atoms with Gasteiger partial charge in [0.1, 0.15) is 12.4 Å². The van der Waals surface area contributed by atoms with Gasteiger partial charge >= 0.3 is 0 Å². The first kappa shape index (κ1) is 14.8. The Morgan fingerprint density at radius 3 is 2.55 bits per heavy atom. The molecule has 0 radical (unpaired) electrons. The molecule has 0 saturated heterocycles. The van der Waals surface area contributed by atoms with Gasteiger partial charge in [-0.2, -0.15) is 0 Å². The van der Waals surface area contributed by atoms with Crippen molar-refractivity contribution >= 4 is 11.3 Å². The van der Waals surface area contributed by atoms with Crippen LogP contribution in [0.25, 0.3) is 10.4 Å². The fourth-order valence-corrected chi connectivity index (χ4v) is 3.31. The van der Waals surface area contributed by atoms with E-state index in [2.05, 4.69) is 18.4 Å². The maximum Gasteiger partial charge on any atom is 0.120 e. The Hall–Kier alpha value is -2.10. The minimum Gasteiger partial charge on any atom is -0.489 e. The molecule has 0 bridgehead atoms. The molecule has 112 valence electrons. The molecule has 1 aromatic heterocycles. The highest BCUT2D eigenvalue weighted by Gasteiger charge is 2.08. The van der Waals surface area contributed by atoms with Crippen molar-refractivity contribution in [1.82, 2.24) is 0 Å². The fourth-order valence-electron chi connectivity index (χ4n) is 2.34. The van der Waals surface area contributed by atoms with Crippen LogP contribution in [-0.4, -0.2) is 5.11 Å². The van der Waals surface area contributed by atoms with E-state index in [1.807, 2.05) is 48.5 Å². The van der Waals surface area contributed by atoms with Crippen molar-refractivity contribution in [2.24, 2.45) is 0 Å². The summed E-state index contributed by atoms with van der Waals surface area (Å²) in [6.07, 6.45) is 0. The summed E-state index contributed by atoms with van der Waals surface area (Å²) in [4.78, 5) is 1.18. The molecule has 3 heteroatoms. The highest BCUT2D eigenvalue weighted by atomic mass is 32.1. The number of aryl methyl sites for hydroxylation is 1. The minimum atomic E-state index is 0.00875. The van der Waals surface area contributed by atoms with Gasteiger partial charge in [-0.25, -0.2) is 0 Å². The molecule has 0 atom stereocenters. The molecule has 1 heterocycles. The lowest BCUT2D eigenvalue weighted by atomic mass is 10.1. The third-order valence-electron chi connectivity index (χ3n) is 3.49. The van der Waals surface area contributed by atoms with Crippen molar-refractivity contribution in [2.45, 2.75) is 20.1 Å². The van der Waals surface area contributed by atoms with Crippen LogP contribution in [0.1, 0.15) is 16.7 Å². The molecule has 0 spiro atoms. The van der Waals surface area contributed by atoms with Gasteiger partial charge in [0.25, 0.3) is 0 Å². The number of aliphatic hydroxyl groups excluding tert-OH is 1. The van der Waals surface area contributed by atoms with Gasteiger partial charge < -0.3 is 9.84 Å². The van der Waals surface area contributed by atoms with Gasteiger partial charge in [0.05, 0.1) is 6.61 Å². The lowest BCUT2D eigenvalue weighted by molar-refractivity contribution is 0.278. The molecule has 2 nitrogen and oxygen atoms in total. The highest BCUT2D eigenvalue weighted by Crippen LogP contribution is 2.32. The molecule has 1 N–H and O–H groups in total. The van der Waals surface area contributed by atoms with E-state index in [4.69, 9.17) is 4.74 Å². The molecule has 0 fully saturated rings. The molecule has 0 aliphatic carbocycles. The third kappa shape index (κ3) is 3.38. The Morgan fingerprint density at radius 2 is 1.86 bits per heavy atom. The van der Waals surface area contributed by atoms with Crippen molar-refractivity contribution in [3.8, 4) is 16.2 Å². The van der Waals surface area contributed by atoms with E-state index in [0.717, 1.165) is 22.4 Å². The molecular weight excluding hydrogens is 292 g/mol. The second-order valence-corrected chi connectivity index (χ2v) is 6.15. The first-order valence-corrected chi connectivity index (χ1v) is 8.10. The van der Waals surface area contributed by atoms with Crippen LogP contribution in [0.2, 0.25) is 0 Å². The van der Waals surface area contributed by atoms with Crippen molar-refractivity contribution in [3.63, 3.8) is 0 Å². The van der Waals surface area contributed by atoms with E-state index in [1.54, 1.807) is 11.3 Å². The molecule has 3 aromatic rings. The van der Waals surface area contributed by atoms with Crippen LogP contribution in [0, 0.1) is 6.92 Å². The number of benzene rings is 2. The molecule has 0 unspecified atom stereocenters. The average molecular weight is 310 g/mol. The summed E-state index contributed by atoms with van der Waals surface area (Å²) in [5, 5.41) is 11.8. The maximum absolute atomic E-state index is 9.65. The molecular formula is C19H18O2S. The van der Waals surface area contributed by atoms with Gasteiger partial charge in [-0.05, 0) is 58.8 Å². The van der Waals surface area contributed by atoms with Crippen molar-refractivity contribution in [1.29, 1.82) is 0 Å². The number of thiophene rings is 1. The van der Waals surface area contributed by atoms with E-state index >= 15 is 0 Å². The molecule has 0 saturated carbocycles. The van der Waals surface area contributed by atoms with Crippen LogP contribution >= 0.6 is 11.3 Å². The Labute approximate surface area is 134 Å². The van der Waals surface area contributed by atoms with Crippen molar-refractivity contribution in [3.05, 3.63) is 76.7 Å². The zero-order chi connectivity index (χ0) is 15.4. The lowest BCUT2D eigenvalue weighted by Crippen LogP contribution is -1.97. The molecule has 2 aromatic carbocycles. The largest absolute Gasteiger partial charge is 0.489 e. The number of aliphatic hydroxyl groups is 1. The standard InChI is InChI=1S/C19H18O2S/c1-14-9-19(22-13-14)18-8-7-17(10-16(18)11-20)21-12-15-5-3-2-4-6-15/h2-10,13,20H,11-12H2,1H3. The van der Waals surface area contributed by atoms with Crippen molar-refractivity contribution in [2.75, 3.05) is 0 Å². The van der Waals surface area contributed by atoms with Gasteiger partial charge in [-0.15, -0.1) is 11.3 Å². The quantitative estimate of drug-likeness (QED) is 0.734. The van der Waals surface area contributed by atoms with E-state index in [9.17, 15) is 5.11 Å². The van der Waals surface area contributed by atoms with E-state index < -0.39 is 0 Å². The molecule has 0 aliphatic heterocycles. The summed E-state index contributed by atoms with van der Waals surface area (Å²) in [7, 11) is 0. The first-order valence-electron chi connectivity index (χ1n) is 7.22. The molecule has 0 aliphatic rings. The second-order valence-electron chi connectivity index (χ2n) is 5.24. The monoisotopic (exact) mass is 310 g/mol. The van der Waals surface area contributed by atoms with Gasteiger partial charge in [0, 0.05) is 4.88 Å². The zero-order valence-electron chi connectivity index (χ0n) is 12.5. The Balaban J connectivity index is 1.79. The fraction of sp³-hybridized carbons (Fsp3) is 0.158. The Bertz CT molecular complexity index is 747. The summed E-state index contributed by atoms with van der Waals surface area (Å²) < 4.78 is 5.82. The van der Waals surface area contributed by atoms with Crippen molar-refractivity contribution < 1.29 is 9.84 Å². The predicted octanol–water partition coefficient (Wildman–Crippen LogP) is 4.79. The topological polar surface area (TPSA) is 29.5 Å². The van der Waals surface area contributed by atoms with Gasteiger partial charge in [-0.1, -0.05) is 30.3 Å². The zero-order valence-corrected chi connectivity index (χ0v) is 13.3. The number of rotatable bonds is 5. The highest BCUT2D eigenvalue weighted by molar-refractivity contribution is 7.13. The van der Waals surface area contributed by atoms with Gasteiger partial charge in [0.2, 0.25) is 0 Å². The van der Waals surface area contributed by atoms with E-state index in [1.165, 1.54) is 10.4 Å². The molecule has 0 amide bonds. The molecule has 22 heavy (non-hydrogen) atoms. The smallest absolute Gasteiger partial charge is 0.120 e. The van der Waals surface area contributed by atoms with Gasteiger partial charge in [-0.3, -0.25) is 0 Å². The van der Waals surface area contributed by atoms with Crippen LogP contribution in [0.4, 0.5) is 0 Å². The van der Waals surface area contributed by atoms with Crippen LogP contribution in [-0.2, 0) is 13.2 Å². The summed E-state index contributed by atoms with van der Waals surface area (Å²) in [6.45, 7) is 2.62. The lowest BCUT2D eigenvalue weighted by Gasteiger charge is -2.10. The Morgan fingerprint density at radius 1 is 1.05 bits per heavy atom. The number of hydrogen-bond acceptors (Lipinski definition) is 3. The SMILES string of the molecule is Cc1csc(-c2ccc(OCc3ccccc3)cc2CO)c1. The summed E-state index contributed by atoms with van der Waals surface area (Å²) in [5.74, 6) is 0.782. The van der Waals surface area contributed by atoms with E-state index in [-0.39, 0.29) is 6.61 Å². The molecule has 3 rings (SSSR count). The predicted molar refractivity (Wildman–Crippen MR) is 91.2 cm³/mol. The van der Waals surface area contributed by atoms with Crippen LogP contribution in [0.3, 0.4) is 0 Å². The normalized spacial score (nSPS) is 10.6. The van der Waals surface area contributed by atoms with Crippen LogP contribution in [0.15, 0.2) is 60.0 Å². The van der Waals surface area contributed by atoms with E-state index in [0.29, 0.717) is 6.61 Å². The first-order chi connectivity index (χ1) is 10.8. The number of hydrogen-bond donors (Lipinski definition) is 1. The summed E-state index contributed by atoms with van der Waals surface area (Å²) in [5.41, 5.74) is 4.35. The third-order valence-corrected chi connectivity index (χ3v) is 4.57. The average Bonchev–Trinajstić information content (AvgIpc) is 3.00. The second kappa shape index (κ2) is 6.77. The Kier molecular flexibility index (Phi) is 4.56. The summed E-state index contributed by atoms with van der Waals surface area (Å²) >= 11 is 1.70. The van der Waals surface area contributed by atoms with Crippen LogP contribution < -0.4 is 4.74 Å². The minimum absolute atomic E-state index is 0.00875. The van der Waals surface area contributed by atoms with Gasteiger partial charge in [0.15, 0.2) is 0 Å². The maximum atomic E-state index is 9.65. The number of ether oxygens (including phenoxy) is 1. The summed E-state index contributed by atoms with van der Waals surface area (Å²) in [6, 6.07) is 18.1.